The third-order valence-corrected chi connectivity index (χ3v) is 4.96. The summed E-state index contributed by atoms with van der Waals surface area (Å²) in [6.07, 6.45) is 7.49. The van der Waals surface area contributed by atoms with Gasteiger partial charge >= 0.3 is 0 Å². The van der Waals surface area contributed by atoms with Gasteiger partial charge in [-0.25, -0.2) is 0 Å². The van der Waals surface area contributed by atoms with Gasteiger partial charge in [0, 0.05) is 15.8 Å². The Morgan fingerprint density at radius 1 is 1.50 bits per heavy atom. The van der Waals surface area contributed by atoms with Crippen molar-refractivity contribution >= 4 is 11.3 Å². The van der Waals surface area contributed by atoms with Gasteiger partial charge in [0.05, 0.1) is 0 Å². The first-order valence-electron chi connectivity index (χ1n) is 7.20. The molecule has 1 atom stereocenters. The minimum atomic E-state index is 0.539. The molecule has 2 heteroatoms. The summed E-state index contributed by atoms with van der Waals surface area (Å²) in [5.41, 5.74) is 2.91. The number of hydrogen-bond acceptors (Lipinski definition) is 2. The molecule has 1 heterocycles. The fraction of sp³-hybridized carbons (Fsp3) is 0.625. The van der Waals surface area contributed by atoms with Crippen LogP contribution in [0.1, 0.15) is 60.9 Å². The molecule has 1 nitrogen and oxygen atoms in total. The Morgan fingerprint density at radius 2 is 2.33 bits per heavy atom. The van der Waals surface area contributed by atoms with Gasteiger partial charge in [-0.05, 0) is 63.6 Å². The van der Waals surface area contributed by atoms with Crippen molar-refractivity contribution in [2.75, 3.05) is 6.54 Å². The molecule has 0 saturated heterocycles. The van der Waals surface area contributed by atoms with Gasteiger partial charge in [0.25, 0.3) is 0 Å². The molecule has 1 aromatic rings. The summed E-state index contributed by atoms with van der Waals surface area (Å²) < 4.78 is 0. The largest absolute Gasteiger partial charge is 0.309 e. The van der Waals surface area contributed by atoms with E-state index >= 15 is 0 Å². The van der Waals surface area contributed by atoms with E-state index < -0.39 is 0 Å². The average Bonchev–Trinajstić information content (AvgIpc) is 2.89. The average molecular weight is 263 g/mol. The van der Waals surface area contributed by atoms with Gasteiger partial charge in [-0.15, -0.1) is 17.9 Å². The number of aryl methyl sites for hydroxylation is 2. The third-order valence-electron chi connectivity index (χ3n) is 3.61. The zero-order chi connectivity index (χ0) is 13.0. The minimum Gasteiger partial charge on any atom is -0.309 e. The second-order valence-electron chi connectivity index (χ2n) is 5.45. The summed E-state index contributed by atoms with van der Waals surface area (Å²) in [5.74, 6) is 0. The Kier molecular flexibility index (Phi) is 5.02. The molecule has 0 aliphatic heterocycles. The predicted octanol–water partition coefficient (Wildman–Crippen LogP) is 4.63. The van der Waals surface area contributed by atoms with Crippen LogP contribution in [0, 0.1) is 0 Å². The van der Waals surface area contributed by atoms with E-state index in [9.17, 15) is 0 Å². The molecule has 0 radical (unpaired) electrons. The lowest BCUT2D eigenvalue weighted by molar-refractivity contribution is 0.505. The zero-order valence-corrected chi connectivity index (χ0v) is 12.5. The van der Waals surface area contributed by atoms with Crippen molar-refractivity contribution in [1.82, 2.24) is 5.32 Å². The Bertz CT molecular complexity index is 384. The topological polar surface area (TPSA) is 12.0 Å². The van der Waals surface area contributed by atoms with Crippen LogP contribution in [0.4, 0.5) is 0 Å². The van der Waals surface area contributed by atoms with Crippen LogP contribution in [0.25, 0.3) is 0 Å². The van der Waals surface area contributed by atoms with E-state index in [4.69, 9.17) is 0 Å². The molecule has 0 fully saturated rings. The fourth-order valence-corrected chi connectivity index (χ4v) is 3.95. The first kappa shape index (κ1) is 13.8. The maximum Gasteiger partial charge on any atom is 0.0418 e. The highest BCUT2D eigenvalue weighted by Crippen LogP contribution is 2.35. The summed E-state index contributed by atoms with van der Waals surface area (Å²) >= 11 is 2.04. The number of fused-ring (bicyclic) bond motifs is 1. The maximum absolute atomic E-state index is 4.03. The van der Waals surface area contributed by atoms with E-state index in [-0.39, 0.29) is 0 Å². The summed E-state index contributed by atoms with van der Waals surface area (Å²) in [7, 11) is 0. The first-order chi connectivity index (χ1) is 8.70. The Hall–Kier alpha value is -0.600. The Balaban J connectivity index is 2.03. The number of nitrogens with one attached hydrogen (secondary N) is 1. The van der Waals surface area contributed by atoms with Crippen molar-refractivity contribution in [2.45, 2.75) is 58.4 Å². The molecule has 1 aromatic heterocycles. The molecule has 0 spiro atoms. The van der Waals surface area contributed by atoms with Crippen LogP contribution < -0.4 is 5.32 Å². The Labute approximate surface area is 115 Å². The van der Waals surface area contributed by atoms with Gasteiger partial charge in [-0.2, -0.15) is 0 Å². The number of hydrogen-bond donors (Lipinski definition) is 1. The lowest BCUT2D eigenvalue weighted by Crippen LogP contribution is -2.21. The summed E-state index contributed by atoms with van der Waals surface area (Å²) in [6, 6.07) is 3.00. The second-order valence-corrected chi connectivity index (χ2v) is 6.62. The van der Waals surface area contributed by atoms with Gasteiger partial charge in [0.2, 0.25) is 0 Å². The lowest BCUT2D eigenvalue weighted by atomic mass is 10.1. The van der Waals surface area contributed by atoms with Crippen LogP contribution in [0.2, 0.25) is 0 Å². The van der Waals surface area contributed by atoms with Gasteiger partial charge in [-0.3, -0.25) is 0 Å². The molecule has 100 valence electrons. The van der Waals surface area contributed by atoms with Crippen LogP contribution in [0.5, 0.6) is 0 Å². The van der Waals surface area contributed by atoms with Crippen molar-refractivity contribution < 1.29 is 0 Å². The predicted molar refractivity (Wildman–Crippen MR) is 81.4 cm³/mol. The highest BCUT2D eigenvalue weighted by atomic mass is 32.1. The zero-order valence-electron chi connectivity index (χ0n) is 11.7. The van der Waals surface area contributed by atoms with Crippen molar-refractivity contribution in [3.63, 3.8) is 0 Å². The molecular weight excluding hydrogens is 238 g/mol. The molecule has 2 rings (SSSR count). The van der Waals surface area contributed by atoms with Gasteiger partial charge in [0.15, 0.2) is 0 Å². The smallest absolute Gasteiger partial charge is 0.0418 e. The minimum absolute atomic E-state index is 0.539. The molecule has 1 unspecified atom stereocenters. The molecule has 1 N–H and O–H groups in total. The summed E-state index contributed by atoms with van der Waals surface area (Å²) in [4.78, 5) is 3.19. The molecule has 1 aliphatic carbocycles. The number of allylic oxidation sites excluding steroid dienone is 1. The molecule has 0 bridgehead atoms. The Morgan fingerprint density at radius 3 is 3.00 bits per heavy atom. The summed E-state index contributed by atoms with van der Waals surface area (Å²) in [5, 5.41) is 3.70. The second kappa shape index (κ2) is 6.53. The van der Waals surface area contributed by atoms with E-state index in [0.29, 0.717) is 6.04 Å². The lowest BCUT2D eigenvalue weighted by Gasteiger charge is -2.17. The maximum atomic E-state index is 4.03. The number of rotatable bonds is 7. The van der Waals surface area contributed by atoms with Crippen molar-refractivity contribution in [1.29, 1.82) is 0 Å². The van der Waals surface area contributed by atoms with Crippen LogP contribution >= 0.6 is 11.3 Å². The molecule has 18 heavy (non-hydrogen) atoms. The normalized spacial score (nSPS) is 15.7. The fourth-order valence-electron chi connectivity index (χ4n) is 2.58. The van der Waals surface area contributed by atoms with Crippen molar-refractivity contribution in [3.8, 4) is 0 Å². The van der Waals surface area contributed by atoms with Gasteiger partial charge in [0.1, 0.15) is 0 Å². The highest BCUT2D eigenvalue weighted by molar-refractivity contribution is 7.12. The van der Waals surface area contributed by atoms with Crippen LogP contribution in [0.3, 0.4) is 0 Å². The standard InChI is InChI=1S/C16H25NS/c1-4-10-17-14(9-8-12(2)3)16-11-13-6-5-7-15(13)18-16/h11,14,17H,2,4-10H2,1,3H3. The van der Waals surface area contributed by atoms with Gasteiger partial charge < -0.3 is 5.32 Å². The summed E-state index contributed by atoms with van der Waals surface area (Å²) in [6.45, 7) is 9.50. The van der Waals surface area contributed by atoms with Crippen molar-refractivity contribution in [3.05, 3.63) is 33.5 Å². The van der Waals surface area contributed by atoms with Crippen LogP contribution in [-0.4, -0.2) is 6.54 Å². The third kappa shape index (κ3) is 3.46. The van der Waals surface area contributed by atoms with Gasteiger partial charge in [-0.1, -0.05) is 12.5 Å². The van der Waals surface area contributed by atoms with Crippen LogP contribution in [0.15, 0.2) is 18.2 Å². The molecule has 1 aliphatic rings. The van der Waals surface area contributed by atoms with Crippen LogP contribution in [-0.2, 0) is 12.8 Å². The quantitative estimate of drug-likeness (QED) is 0.707. The van der Waals surface area contributed by atoms with Crippen molar-refractivity contribution in [2.24, 2.45) is 0 Å². The van der Waals surface area contributed by atoms with E-state index in [2.05, 4.69) is 31.8 Å². The highest BCUT2D eigenvalue weighted by Gasteiger charge is 2.19. The van der Waals surface area contributed by atoms with E-state index in [1.807, 2.05) is 11.3 Å². The van der Waals surface area contributed by atoms with E-state index in [1.54, 1.807) is 15.3 Å². The van der Waals surface area contributed by atoms with E-state index in [1.165, 1.54) is 37.7 Å². The van der Waals surface area contributed by atoms with E-state index in [0.717, 1.165) is 13.0 Å². The molecular formula is C16H25NS. The number of thiophene rings is 1. The SMILES string of the molecule is C=C(C)CCC(NCCC)c1cc2c(s1)CCC2. The molecule has 0 saturated carbocycles. The molecule has 0 aromatic carbocycles. The molecule has 0 amide bonds. The monoisotopic (exact) mass is 263 g/mol. The first-order valence-corrected chi connectivity index (χ1v) is 8.01.